The van der Waals surface area contributed by atoms with Crippen molar-refractivity contribution in [2.75, 3.05) is 0 Å². The molecule has 2 aromatic carbocycles. The normalized spacial score (nSPS) is 19.3. The molecule has 224 valence electrons. The zero-order valence-electron chi connectivity index (χ0n) is 29.0. The quantitative estimate of drug-likeness (QED) is 0.214. The van der Waals surface area contributed by atoms with Gasteiger partial charge in [-0.1, -0.05) is 0 Å². The summed E-state index contributed by atoms with van der Waals surface area (Å²) in [6, 6.07) is 10.3. The summed E-state index contributed by atoms with van der Waals surface area (Å²) in [5, 5.41) is 0. The number of rotatable bonds is 10. The van der Waals surface area contributed by atoms with Gasteiger partial charge < -0.3 is 0 Å². The fraction of sp³-hybridized carbons (Fsp3) is 0.579. The van der Waals surface area contributed by atoms with Crippen molar-refractivity contribution in [2.24, 2.45) is 0 Å². The molecule has 0 heterocycles. The molecular formula is C38H60SiZr2. The summed E-state index contributed by atoms with van der Waals surface area (Å²) >= 11 is -4.75. The maximum atomic E-state index is 2.80. The molecule has 0 spiro atoms. The fourth-order valence-corrected chi connectivity index (χ4v) is 49.4. The van der Waals surface area contributed by atoms with Gasteiger partial charge in [-0.15, -0.1) is 0 Å². The van der Waals surface area contributed by atoms with Gasteiger partial charge in [0.2, 0.25) is 0 Å². The van der Waals surface area contributed by atoms with Crippen molar-refractivity contribution in [2.45, 2.75) is 126 Å². The Labute approximate surface area is 265 Å². The van der Waals surface area contributed by atoms with Crippen LogP contribution in [0.1, 0.15) is 145 Å². The number of benzene rings is 2. The molecule has 0 saturated heterocycles. The van der Waals surface area contributed by atoms with Gasteiger partial charge in [0, 0.05) is 0 Å². The van der Waals surface area contributed by atoms with E-state index in [1.165, 1.54) is 0 Å². The van der Waals surface area contributed by atoms with E-state index in [1.807, 2.05) is 0 Å². The second-order valence-corrected chi connectivity index (χ2v) is 47.8. The summed E-state index contributed by atoms with van der Waals surface area (Å²) in [5.74, 6) is 2.37. The Morgan fingerprint density at radius 3 is 1.20 bits per heavy atom. The van der Waals surface area contributed by atoms with E-state index in [2.05, 4.69) is 124 Å². The third-order valence-corrected chi connectivity index (χ3v) is 49.5. The van der Waals surface area contributed by atoms with Crippen LogP contribution in [0.5, 0.6) is 0 Å². The van der Waals surface area contributed by atoms with Crippen molar-refractivity contribution < 1.29 is 40.5 Å². The van der Waals surface area contributed by atoms with Crippen LogP contribution in [0.25, 0.3) is 12.2 Å². The molecule has 2 aliphatic carbocycles. The van der Waals surface area contributed by atoms with E-state index >= 15 is 0 Å². The SMILES string of the molecule is CC1=Cc2c(C(C)C)cc(C(C)C)cc2[CH]1[Zr]([CH3])([CH3])[CH2][SiH2][CH2][Zr]([CH3])([CH3])[CH]1C(C)=Cc2c(C(C)C)cc(C(C)C)cc21. The fourth-order valence-electron chi connectivity index (χ4n) is 8.35. The van der Waals surface area contributed by atoms with E-state index in [0.29, 0.717) is 23.7 Å². The second kappa shape index (κ2) is 12.7. The predicted octanol–water partition coefficient (Wildman–Crippen LogP) is 12.2. The van der Waals surface area contributed by atoms with E-state index in [1.54, 1.807) is 63.2 Å². The number of hydrogen-bond acceptors (Lipinski definition) is 0. The Morgan fingerprint density at radius 2 is 0.902 bits per heavy atom. The molecule has 0 saturated carbocycles. The molecule has 4 rings (SSSR count). The van der Waals surface area contributed by atoms with Crippen LogP contribution in [0, 0.1) is 0 Å². The maximum absolute atomic E-state index is 2.80. The first-order valence-corrected chi connectivity index (χ1v) is 34.8. The van der Waals surface area contributed by atoms with Crippen molar-refractivity contribution in [3.63, 3.8) is 0 Å². The van der Waals surface area contributed by atoms with Crippen LogP contribution in [0.4, 0.5) is 0 Å². The number of allylic oxidation sites excluding steroid dienone is 2. The molecule has 2 unspecified atom stereocenters. The van der Waals surface area contributed by atoms with Crippen molar-refractivity contribution >= 4 is 21.7 Å². The van der Waals surface area contributed by atoms with E-state index in [-0.39, 0.29) is 9.52 Å². The van der Waals surface area contributed by atoms with E-state index in [0.717, 1.165) is 7.25 Å². The van der Waals surface area contributed by atoms with Crippen LogP contribution in [0.2, 0.25) is 26.0 Å². The summed E-state index contributed by atoms with van der Waals surface area (Å²) in [5.41, 5.74) is 16.3. The molecule has 2 aliphatic rings. The molecule has 41 heavy (non-hydrogen) atoms. The summed E-state index contributed by atoms with van der Waals surface area (Å²) in [4.78, 5) is 0. The van der Waals surface area contributed by atoms with Gasteiger partial charge in [0.15, 0.2) is 0 Å². The number of fused-ring (bicyclic) bond motifs is 2. The van der Waals surface area contributed by atoms with Crippen molar-refractivity contribution in [3.05, 3.63) is 79.9 Å². The van der Waals surface area contributed by atoms with Gasteiger partial charge >= 0.3 is 268 Å². The molecule has 0 aliphatic heterocycles. The summed E-state index contributed by atoms with van der Waals surface area (Å²) in [6.07, 6.45) is 5.20. The minimum atomic E-state index is -2.37. The first-order chi connectivity index (χ1) is 19.0. The summed E-state index contributed by atoms with van der Waals surface area (Å²) < 4.78 is 16.1. The summed E-state index contributed by atoms with van der Waals surface area (Å²) in [7, 11) is -0.0792. The van der Waals surface area contributed by atoms with E-state index in [9.17, 15) is 0 Å². The summed E-state index contributed by atoms with van der Waals surface area (Å²) in [6.45, 7) is 24.0. The van der Waals surface area contributed by atoms with Gasteiger partial charge in [0.25, 0.3) is 0 Å². The van der Waals surface area contributed by atoms with Gasteiger partial charge in [-0.05, 0) is 0 Å². The standard InChI is InChI=1S/2C16H21.C2H6Si.4CH3.2Zr/c2*1-10(2)13-8-14-6-12(5)7-16(14)15(9-13)11(3)4;1-3-2;;;;;;/h2*6-11H,1-5H3;1-3H2;4*1H3;;. The van der Waals surface area contributed by atoms with Gasteiger partial charge in [0.1, 0.15) is 0 Å². The molecule has 0 fully saturated rings. The molecule has 2 aromatic rings. The van der Waals surface area contributed by atoms with Crippen LogP contribution < -0.4 is 0 Å². The zero-order chi connectivity index (χ0) is 30.6. The zero-order valence-corrected chi connectivity index (χ0v) is 35.4. The molecule has 3 heteroatoms. The van der Waals surface area contributed by atoms with Crippen LogP contribution in [-0.4, -0.2) is 9.52 Å². The van der Waals surface area contributed by atoms with Gasteiger partial charge in [-0.2, -0.15) is 0 Å². The topological polar surface area (TPSA) is 0 Å². The van der Waals surface area contributed by atoms with Crippen molar-refractivity contribution in [1.29, 1.82) is 0 Å². The Hall–Kier alpha value is -0.0969. The molecule has 0 N–H and O–H groups in total. The van der Waals surface area contributed by atoms with Crippen LogP contribution in [-0.2, 0) is 40.5 Å². The first kappa shape index (κ1) is 33.8. The van der Waals surface area contributed by atoms with Crippen LogP contribution in [0.3, 0.4) is 0 Å². The van der Waals surface area contributed by atoms with Crippen molar-refractivity contribution in [3.8, 4) is 0 Å². The molecule has 0 aromatic heterocycles. The average Bonchev–Trinajstić information content (AvgIpc) is 3.37. The van der Waals surface area contributed by atoms with Crippen LogP contribution >= 0.6 is 0 Å². The van der Waals surface area contributed by atoms with Crippen molar-refractivity contribution in [1.82, 2.24) is 0 Å². The Morgan fingerprint density at radius 1 is 0.561 bits per heavy atom. The first-order valence-electron chi connectivity index (χ1n) is 16.7. The average molecular weight is 727 g/mol. The second-order valence-electron chi connectivity index (χ2n) is 16.3. The van der Waals surface area contributed by atoms with E-state index < -0.39 is 40.5 Å². The monoisotopic (exact) mass is 724 g/mol. The Bertz CT molecular complexity index is 1250. The molecule has 0 radical (unpaired) electrons. The third-order valence-electron chi connectivity index (χ3n) is 10.6. The molecule has 0 nitrogen and oxygen atoms in total. The molecule has 0 bridgehead atoms. The minimum absolute atomic E-state index is 0.0792. The Balaban J connectivity index is 1.58. The van der Waals surface area contributed by atoms with Gasteiger partial charge in [0.05, 0.1) is 0 Å². The van der Waals surface area contributed by atoms with Crippen LogP contribution in [0.15, 0.2) is 35.4 Å². The molecular weight excluding hydrogens is 667 g/mol. The molecule has 0 amide bonds. The predicted molar refractivity (Wildman–Crippen MR) is 184 cm³/mol. The van der Waals surface area contributed by atoms with Gasteiger partial charge in [-0.3, -0.25) is 0 Å². The third kappa shape index (κ3) is 6.79. The van der Waals surface area contributed by atoms with Gasteiger partial charge in [-0.25, -0.2) is 0 Å². The molecule has 2 atom stereocenters. The Kier molecular flexibility index (Phi) is 10.5. The number of hydrogen-bond donors (Lipinski definition) is 0. The van der Waals surface area contributed by atoms with E-state index in [4.69, 9.17) is 0 Å².